The molecule has 0 aromatic heterocycles. The van der Waals surface area contributed by atoms with Crippen molar-refractivity contribution in [2.24, 2.45) is 5.73 Å². The minimum atomic E-state index is 0.107. The number of halogens is 1. The molecule has 4 nitrogen and oxygen atoms in total. The molecule has 2 N–H and O–H groups in total. The Balaban J connectivity index is 2.22. The fourth-order valence-corrected chi connectivity index (χ4v) is 1.96. The number of nitrogens with two attached hydrogens (primary N) is 1. The Labute approximate surface area is 99.5 Å². The molecule has 1 aromatic rings. The van der Waals surface area contributed by atoms with Crippen molar-refractivity contribution in [1.29, 1.82) is 0 Å². The van der Waals surface area contributed by atoms with Crippen LogP contribution in [0.5, 0.6) is 0 Å². The van der Waals surface area contributed by atoms with Crippen molar-refractivity contribution in [2.75, 3.05) is 24.6 Å². The van der Waals surface area contributed by atoms with Crippen LogP contribution < -0.4 is 10.7 Å². The van der Waals surface area contributed by atoms with Crippen LogP contribution in [0.25, 0.3) is 0 Å². The minimum absolute atomic E-state index is 0.107. The average molecular weight is 240 g/mol. The number of nitrogens with zero attached hydrogens (tertiary/aromatic N) is 2. The standard InChI is InChI=1S/C11H14ClN3O/c12-9-1-3-10(4-2-9)15-11(16)5-7-14(15)8-6-13/h1-4H,5-8,13H2. The zero-order chi connectivity index (χ0) is 11.5. The third kappa shape index (κ3) is 2.19. The van der Waals surface area contributed by atoms with Crippen LogP contribution in [-0.2, 0) is 4.79 Å². The van der Waals surface area contributed by atoms with E-state index in [0.717, 1.165) is 12.2 Å². The highest BCUT2D eigenvalue weighted by molar-refractivity contribution is 6.30. The van der Waals surface area contributed by atoms with E-state index in [4.69, 9.17) is 17.3 Å². The molecule has 0 radical (unpaired) electrons. The normalized spacial score (nSPS) is 17.1. The van der Waals surface area contributed by atoms with Crippen molar-refractivity contribution in [2.45, 2.75) is 6.42 Å². The van der Waals surface area contributed by atoms with Gasteiger partial charge in [0.2, 0.25) is 5.91 Å². The van der Waals surface area contributed by atoms with Crippen molar-refractivity contribution in [1.82, 2.24) is 5.01 Å². The van der Waals surface area contributed by atoms with E-state index >= 15 is 0 Å². The highest BCUT2D eigenvalue weighted by atomic mass is 35.5. The van der Waals surface area contributed by atoms with E-state index in [-0.39, 0.29) is 5.91 Å². The fraction of sp³-hybridized carbons (Fsp3) is 0.364. The number of rotatable bonds is 3. The van der Waals surface area contributed by atoms with Crippen molar-refractivity contribution in [3.8, 4) is 0 Å². The van der Waals surface area contributed by atoms with Gasteiger partial charge in [0.1, 0.15) is 0 Å². The number of anilines is 1. The minimum Gasteiger partial charge on any atom is -0.329 e. The first-order chi connectivity index (χ1) is 7.72. The van der Waals surface area contributed by atoms with Crippen molar-refractivity contribution >= 4 is 23.2 Å². The topological polar surface area (TPSA) is 49.6 Å². The van der Waals surface area contributed by atoms with E-state index in [0.29, 0.717) is 24.5 Å². The van der Waals surface area contributed by atoms with Gasteiger partial charge in [-0.25, -0.2) is 10.0 Å². The van der Waals surface area contributed by atoms with Crippen LogP contribution in [-0.4, -0.2) is 30.6 Å². The highest BCUT2D eigenvalue weighted by Crippen LogP contribution is 2.23. The maximum atomic E-state index is 11.8. The Kier molecular flexibility index (Phi) is 3.43. The molecule has 0 atom stereocenters. The summed E-state index contributed by atoms with van der Waals surface area (Å²) in [5.74, 6) is 0.107. The molecule has 0 unspecified atom stereocenters. The maximum Gasteiger partial charge on any atom is 0.242 e. The number of hydrazine groups is 1. The molecule has 0 spiro atoms. The van der Waals surface area contributed by atoms with Crippen LogP contribution in [0, 0.1) is 0 Å². The third-order valence-corrected chi connectivity index (χ3v) is 2.81. The summed E-state index contributed by atoms with van der Waals surface area (Å²) in [4.78, 5) is 11.8. The van der Waals surface area contributed by atoms with Crippen LogP contribution in [0.4, 0.5) is 5.69 Å². The molecule has 1 saturated heterocycles. The van der Waals surface area contributed by atoms with Gasteiger partial charge < -0.3 is 5.73 Å². The molecule has 1 aromatic carbocycles. The molecule has 86 valence electrons. The highest BCUT2D eigenvalue weighted by Gasteiger charge is 2.29. The number of amides is 1. The zero-order valence-electron chi connectivity index (χ0n) is 8.90. The summed E-state index contributed by atoms with van der Waals surface area (Å²) < 4.78 is 0. The fourth-order valence-electron chi connectivity index (χ4n) is 1.84. The Bertz CT molecular complexity index is 379. The van der Waals surface area contributed by atoms with Gasteiger partial charge >= 0.3 is 0 Å². The van der Waals surface area contributed by atoms with Crippen LogP contribution >= 0.6 is 11.6 Å². The largest absolute Gasteiger partial charge is 0.329 e. The number of hydrogen-bond acceptors (Lipinski definition) is 3. The molecule has 1 heterocycles. The van der Waals surface area contributed by atoms with Crippen molar-refractivity contribution in [3.63, 3.8) is 0 Å². The van der Waals surface area contributed by atoms with Crippen molar-refractivity contribution < 1.29 is 4.79 Å². The lowest BCUT2D eigenvalue weighted by Gasteiger charge is -2.27. The summed E-state index contributed by atoms with van der Waals surface area (Å²) in [6.45, 7) is 1.96. The molecule has 2 rings (SSSR count). The summed E-state index contributed by atoms with van der Waals surface area (Å²) in [5, 5.41) is 4.31. The maximum absolute atomic E-state index is 11.8. The van der Waals surface area contributed by atoms with E-state index in [1.54, 1.807) is 17.1 Å². The molecule has 16 heavy (non-hydrogen) atoms. The van der Waals surface area contributed by atoms with Gasteiger partial charge in [-0.15, -0.1) is 0 Å². The molecule has 0 bridgehead atoms. The van der Waals surface area contributed by atoms with Gasteiger partial charge in [-0.2, -0.15) is 0 Å². The SMILES string of the molecule is NCCN1CCC(=O)N1c1ccc(Cl)cc1. The second-order valence-corrected chi connectivity index (χ2v) is 4.11. The number of carbonyl (C=O) groups excluding carboxylic acids is 1. The van der Waals surface area contributed by atoms with Gasteiger partial charge in [-0.3, -0.25) is 4.79 Å². The Hall–Kier alpha value is -1.10. The van der Waals surface area contributed by atoms with E-state index in [1.807, 2.05) is 17.1 Å². The van der Waals surface area contributed by atoms with Gasteiger partial charge in [-0.1, -0.05) is 11.6 Å². The van der Waals surface area contributed by atoms with Gasteiger partial charge in [0.05, 0.1) is 5.69 Å². The quantitative estimate of drug-likeness (QED) is 0.864. The number of benzene rings is 1. The molecule has 1 aliphatic heterocycles. The zero-order valence-corrected chi connectivity index (χ0v) is 9.65. The Morgan fingerprint density at radius 1 is 1.31 bits per heavy atom. The smallest absolute Gasteiger partial charge is 0.242 e. The van der Waals surface area contributed by atoms with E-state index in [2.05, 4.69) is 0 Å². The second-order valence-electron chi connectivity index (χ2n) is 3.67. The van der Waals surface area contributed by atoms with Gasteiger partial charge in [-0.05, 0) is 24.3 Å². The lowest BCUT2D eigenvalue weighted by molar-refractivity contribution is -0.118. The Morgan fingerprint density at radius 3 is 2.62 bits per heavy atom. The van der Waals surface area contributed by atoms with E-state index in [1.165, 1.54) is 0 Å². The lowest BCUT2D eigenvalue weighted by atomic mass is 10.3. The first kappa shape index (κ1) is 11.4. The number of hydrogen-bond donors (Lipinski definition) is 1. The molecule has 1 fully saturated rings. The van der Waals surface area contributed by atoms with E-state index in [9.17, 15) is 4.79 Å². The van der Waals surface area contributed by atoms with E-state index < -0.39 is 0 Å². The van der Waals surface area contributed by atoms with Gasteiger partial charge in [0, 0.05) is 31.1 Å². The molecule has 0 saturated carbocycles. The molecule has 1 amide bonds. The predicted octanol–water partition coefficient (Wildman–Crippen LogP) is 1.25. The monoisotopic (exact) mass is 239 g/mol. The molecule has 0 aliphatic carbocycles. The van der Waals surface area contributed by atoms with Crippen LogP contribution in [0.1, 0.15) is 6.42 Å². The van der Waals surface area contributed by atoms with Crippen LogP contribution in [0.15, 0.2) is 24.3 Å². The summed E-state index contributed by atoms with van der Waals surface area (Å²) in [6.07, 6.45) is 0.544. The summed E-state index contributed by atoms with van der Waals surface area (Å²) in [5.41, 5.74) is 6.37. The second kappa shape index (κ2) is 4.82. The van der Waals surface area contributed by atoms with Crippen LogP contribution in [0.2, 0.25) is 5.02 Å². The summed E-state index contributed by atoms with van der Waals surface area (Å²) >= 11 is 5.82. The summed E-state index contributed by atoms with van der Waals surface area (Å²) in [7, 11) is 0. The van der Waals surface area contributed by atoms with Crippen molar-refractivity contribution in [3.05, 3.63) is 29.3 Å². The molecule has 1 aliphatic rings. The van der Waals surface area contributed by atoms with Gasteiger partial charge in [0.15, 0.2) is 0 Å². The van der Waals surface area contributed by atoms with Crippen LogP contribution in [0.3, 0.4) is 0 Å². The first-order valence-corrected chi connectivity index (χ1v) is 5.63. The molecular formula is C11H14ClN3O. The first-order valence-electron chi connectivity index (χ1n) is 5.26. The lowest BCUT2D eigenvalue weighted by Crippen LogP contribution is -2.41. The third-order valence-electron chi connectivity index (χ3n) is 2.56. The Morgan fingerprint density at radius 2 is 2.00 bits per heavy atom. The molecular weight excluding hydrogens is 226 g/mol. The summed E-state index contributed by atoms with van der Waals surface area (Å²) in [6, 6.07) is 7.25. The molecule has 5 heteroatoms. The van der Waals surface area contributed by atoms with Gasteiger partial charge in [0.25, 0.3) is 0 Å². The predicted molar refractivity (Wildman–Crippen MR) is 64.2 cm³/mol. The number of carbonyl (C=O) groups is 1. The average Bonchev–Trinajstić information content (AvgIpc) is 2.62.